The van der Waals surface area contributed by atoms with Gasteiger partial charge in [-0.25, -0.2) is 0 Å². The van der Waals surface area contributed by atoms with Gasteiger partial charge in [0.2, 0.25) is 0 Å². The fourth-order valence-corrected chi connectivity index (χ4v) is 1.55. The van der Waals surface area contributed by atoms with Crippen LogP contribution in [0, 0.1) is 5.92 Å². The predicted octanol–water partition coefficient (Wildman–Crippen LogP) is 2.54. The molecule has 1 aromatic rings. The summed E-state index contributed by atoms with van der Waals surface area (Å²) in [5.74, 6) is -1.15. The molecule has 2 N–H and O–H groups in total. The molecule has 0 saturated carbocycles. The molecule has 1 atom stereocenters. The Hall–Kier alpha value is -1.16. The average molecular weight is 225 g/mol. The minimum absolute atomic E-state index is 0.372. The highest BCUT2D eigenvalue weighted by molar-refractivity contribution is 7.98. The summed E-state index contributed by atoms with van der Waals surface area (Å²) in [4.78, 5) is 11.8. The van der Waals surface area contributed by atoms with Crippen LogP contribution in [0.2, 0.25) is 0 Å². The Balaban J connectivity index is 2.53. The van der Waals surface area contributed by atoms with Crippen LogP contribution in [-0.2, 0) is 4.79 Å². The lowest BCUT2D eigenvalue weighted by molar-refractivity contribution is -0.140. The molecule has 82 valence electrons. The molecule has 0 heterocycles. The van der Waals surface area contributed by atoms with Gasteiger partial charge in [-0.2, -0.15) is 0 Å². The zero-order chi connectivity index (χ0) is 11.3. The molecule has 0 spiro atoms. The second-order valence-electron chi connectivity index (χ2n) is 3.35. The Bertz CT molecular complexity index is 341. The third kappa shape index (κ3) is 3.83. The molecule has 3 nitrogen and oxygen atoms in total. The molecule has 0 fully saturated rings. The molecule has 0 amide bonds. The van der Waals surface area contributed by atoms with Gasteiger partial charge in [0.05, 0.1) is 5.92 Å². The summed E-state index contributed by atoms with van der Waals surface area (Å²) in [5, 5.41) is 11.8. The highest BCUT2D eigenvalue weighted by atomic mass is 32.2. The first kappa shape index (κ1) is 11.9. The molecule has 1 rings (SSSR count). The molecular weight excluding hydrogens is 210 g/mol. The minimum atomic E-state index is -0.775. The molecule has 0 aromatic heterocycles. The van der Waals surface area contributed by atoms with E-state index in [4.69, 9.17) is 5.11 Å². The highest BCUT2D eigenvalue weighted by Gasteiger charge is 2.09. The highest BCUT2D eigenvalue weighted by Crippen LogP contribution is 2.19. The Labute approximate surface area is 93.9 Å². The number of carbonyl (C=O) groups is 1. The molecule has 0 saturated heterocycles. The van der Waals surface area contributed by atoms with Gasteiger partial charge in [0, 0.05) is 17.1 Å². The van der Waals surface area contributed by atoms with Crippen LogP contribution >= 0.6 is 11.8 Å². The van der Waals surface area contributed by atoms with Gasteiger partial charge in [0.1, 0.15) is 0 Å². The summed E-state index contributed by atoms with van der Waals surface area (Å²) in [6, 6.07) is 7.93. The van der Waals surface area contributed by atoms with Crippen molar-refractivity contribution in [1.82, 2.24) is 0 Å². The van der Waals surface area contributed by atoms with Crippen molar-refractivity contribution >= 4 is 23.4 Å². The average Bonchev–Trinajstić information content (AvgIpc) is 2.26. The predicted molar refractivity (Wildman–Crippen MR) is 63.5 cm³/mol. The largest absolute Gasteiger partial charge is 0.481 e. The molecular formula is C11H15NO2S. The second kappa shape index (κ2) is 5.66. The maximum atomic E-state index is 10.6. The Morgan fingerprint density at radius 2 is 2.33 bits per heavy atom. The van der Waals surface area contributed by atoms with Gasteiger partial charge in [0.25, 0.3) is 0 Å². The van der Waals surface area contributed by atoms with E-state index in [9.17, 15) is 4.79 Å². The van der Waals surface area contributed by atoms with Gasteiger partial charge in [-0.05, 0) is 24.5 Å². The van der Waals surface area contributed by atoms with E-state index in [1.165, 1.54) is 4.90 Å². The minimum Gasteiger partial charge on any atom is -0.481 e. The van der Waals surface area contributed by atoms with Crippen LogP contribution in [0.15, 0.2) is 29.2 Å². The third-order valence-corrected chi connectivity index (χ3v) is 2.83. The fourth-order valence-electron chi connectivity index (χ4n) is 1.09. The van der Waals surface area contributed by atoms with Gasteiger partial charge in [-0.3, -0.25) is 4.79 Å². The number of rotatable bonds is 5. The van der Waals surface area contributed by atoms with E-state index in [1.807, 2.05) is 30.5 Å². The number of hydrogen-bond acceptors (Lipinski definition) is 3. The van der Waals surface area contributed by atoms with Crippen LogP contribution in [0.3, 0.4) is 0 Å². The van der Waals surface area contributed by atoms with Crippen LogP contribution in [0.4, 0.5) is 5.69 Å². The SMILES string of the molecule is CSc1cccc(NCC(C)C(=O)O)c1. The van der Waals surface area contributed by atoms with Gasteiger partial charge in [0.15, 0.2) is 0 Å². The number of anilines is 1. The van der Waals surface area contributed by atoms with E-state index in [2.05, 4.69) is 5.32 Å². The number of nitrogens with one attached hydrogen (secondary N) is 1. The van der Waals surface area contributed by atoms with E-state index in [0.717, 1.165) is 5.69 Å². The normalized spacial score (nSPS) is 12.1. The van der Waals surface area contributed by atoms with Crippen LogP contribution in [-0.4, -0.2) is 23.9 Å². The Kier molecular flexibility index (Phi) is 4.49. The molecule has 0 bridgehead atoms. The number of carboxylic acids is 1. The van der Waals surface area contributed by atoms with E-state index < -0.39 is 5.97 Å². The first-order chi connectivity index (χ1) is 7.13. The number of thioether (sulfide) groups is 1. The monoisotopic (exact) mass is 225 g/mol. The smallest absolute Gasteiger partial charge is 0.308 e. The fraction of sp³-hybridized carbons (Fsp3) is 0.364. The summed E-state index contributed by atoms with van der Waals surface area (Å²) in [5.41, 5.74) is 0.968. The summed E-state index contributed by atoms with van der Waals surface area (Å²) < 4.78 is 0. The van der Waals surface area contributed by atoms with Gasteiger partial charge >= 0.3 is 5.97 Å². The second-order valence-corrected chi connectivity index (χ2v) is 4.23. The summed E-state index contributed by atoms with van der Waals surface area (Å²) in [6.45, 7) is 2.14. The van der Waals surface area contributed by atoms with Gasteiger partial charge in [-0.15, -0.1) is 11.8 Å². The van der Waals surface area contributed by atoms with Crippen molar-refractivity contribution < 1.29 is 9.90 Å². The maximum absolute atomic E-state index is 10.6. The molecule has 0 aliphatic carbocycles. The van der Waals surface area contributed by atoms with Crippen molar-refractivity contribution in [2.45, 2.75) is 11.8 Å². The molecule has 0 radical (unpaired) electrons. The molecule has 15 heavy (non-hydrogen) atoms. The Morgan fingerprint density at radius 1 is 1.60 bits per heavy atom. The van der Waals surface area contributed by atoms with Crippen LogP contribution in [0.1, 0.15) is 6.92 Å². The van der Waals surface area contributed by atoms with Crippen molar-refractivity contribution in [1.29, 1.82) is 0 Å². The molecule has 4 heteroatoms. The number of carboxylic acid groups (broad SMARTS) is 1. The molecule has 1 aromatic carbocycles. The van der Waals surface area contributed by atoms with Crippen molar-refractivity contribution in [2.75, 3.05) is 18.1 Å². The van der Waals surface area contributed by atoms with Crippen LogP contribution in [0.5, 0.6) is 0 Å². The molecule has 0 aliphatic rings. The van der Waals surface area contributed by atoms with Crippen molar-refractivity contribution in [2.24, 2.45) is 5.92 Å². The summed E-state index contributed by atoms with van der Waals surface area (Å²) in [7, 11) is 0. The zero-order valence-corrected chi connectivity index (χ0v) is 9.67. The number of hydrogen-bond donors (Lipinski definition) is 2. The topological polar surface area (TPSA) is 49.3 Å². The third-order valence-electron chi connectivity index (χ3n) is 2.10. The lowest BCUT2D eigenvalue weighted by Gasteiger charge is -2.10. The first-order valence-electron chi connectivity index (χ1n) is 4.74. The van der Waals surface area contributed by atoms with Crippen molar-refractivity contribution in [3.63, 3.8) is 0 Å². The maximum Gasteiger partial charge on any atom is 0.308 e. The van der Waals surface area contributed by atoms with E-state index >= 15 is 0 Å². The van der Waals surface area contributed by atoms with Crippen molar-refractivity contribution in [3.05, 3.63) is 24.3 Å². The number of benzene rings is 1. The van der Waals surface area contributed by atoms with Crippen LogP contribution < -0.4 is 5.32 Å². The quantitative estimate of drug-likeness (QED) is 0.756. The summed E-state index contributed by atoms with van der Waals surface area (Å²) in [6.07, 6.45) is 2.01. The molecule has 0 aliphatic heterocycles. The lowest BCUT2D eigenvalue weighted by Crippen LogP contribution is -2.19. The zero-order valence-electron chi connectivity index (χ0n) is 8.86. The standard InChI is InChI=1S/C11H15NO2S/c1-8(11(13)14)7-12-9-4-3-5-10(6-9)15-2/h3-6,8,12H,7H2,1-2H3,(H,13,14). The Morgan fingerprint density at radius 3 is 2.93 bits per heavy atom. The number of aliphatic carboxylic acids is 1. The molecule has 1 unspecified atom stereocenters. The van der Waals surface area contributed by atoms with E-state index in [1.54, 1.807) is 18.7 Å². The van der Waals surface area contributed by atoms with Gasteiger partial charge in [-0.1, -0.05) is 13.0 Å². The summed E-state index contributed by atoms with van der Waals surface area (Å²) >= 11 is 1.67. The van der Waals surface area contributed by atoms with Crippen molar-refractivity contribution in [3.8, 4) is 0 Å². The lowest BCUT2D eigenvalue weighted by atomic mass is 10.2. The first-order valence-corrected chi connectivity index (χ1v) is 5.96. The van der Waals surface area contributed by atoms with Crippen LogP contribution in [0.25, 0.3) is 0 Å². The van der Waals surface area contributed by atoms with E-state index in [0.29, 0.717) is 6.54 Å². The van der Waals surface area contributed by atoms with Gasteiger partial charge < -0.3 is 10.4 Å². The van der Waals surface area contributed by atoms with E-state index in [-0.39, 0.29) is 5.92 Å².